The van der Waals surface area contributed by atoms with Crippen molar-refractivity contribution in [2.24, 2.45) is 0 Å². The Bertz CT molecular complexity index is 816. The predicted octanol–water partition coefficient (Wildman–Crippen LogP) is 4.74. The van der Waals surface area contributed by atoms with Gasteiger partial charge >= 0.3 is 0 Å². The van der Waals surface area contributed by atoms with Gasteiger partial charge in [0.2, 0.25) is 0 Å². The number of nitriles is 1. The monoisotopic (exact) mass is 318 g/mol. The Morgan fingerprint density at radius 2 is 2.10 bits per heavy atom. The number of nitrogens with zero attached hydrogens (tertiary/aromatic N) is 1. The van der Waals surface area contributed by atoms with E-state index in [1.807, 2.05) is 23.6 Å². The average Bonchev–Trinajstić information content (AvgIpc) is 2.99. The fraction of sp³-hybridized carbons (Fsp3) is 0. The standard InChI is InChI=1S/C14H7ClN2OS2/c15-9-2-1-8(7-16)10(5-9)17-14(18)13-6-12-11(20-13)3-4-19-12/h1-6H,(H,17,18). The molecule has 1 N–H and O–H groups in total. The molecule has 0 unspecified atom stereocenters. The van der Waals surface area contributed by atoms with Crippen molar-refractivity contribution in [1.29, 1.82) is 5.26 Å². The molecule has 0 bridgehead atoms. The van der Waals surface area contributed by atoms with Crippen molar-refractivity contribution in [3.8, 4) is 6.07 Å². The van der Waals surface area contributed by atoms with Crippen LogP contribution in [0.3, 0.4) is 0 Å². The first-order valence-corrected chi connectivity index (χ1v) is 7.73. The van der Waals surface area contributed by atoms with Crippen molar-refractivity contribution in [1.82, 2.24) is 0 Å². The number of benzene rings is 1. The molecule has 0 aliphatic rings. The van der Waals surface area contributed by atoms with Gasteiger partial charge in [-0.15, -0.1) is 22.7 Å². The quantitative estimate of drug-likeness (QED) is 0.742. The van der Waals surface area contributed by atoms with Crippen LogP contribution in [0.25, 0.3) is 9.40 Å². The van der Waals surface area contributed by atoms with Gasteiger partial charge in [0, 0.05) is 14.4 Å². The van der Waals surface area contributed by atoms with Crippen LogP contribution in [0.1, 0.15) is 15.2 Å². The number of thiophene rings is 2. The zero-order valence-electron chi connectivity index (χ0n) is 10.0. The van der Waals surface area contributed by atoms with Crippen molar-refractivity contribution in [3.63, 3.8) is 0 Å². The molecule has 20 heavy (non-hydrogen) atoms. The molecule has 3 rings (SSSR count). The second kappa shape index (κ2) is 5.25. The molecule has 0 spiro atoms. The summed E-state index contributed by atoms with van der Waals surface area (Å²) in [5.74, 6) is -0.225. The van der Waals surface area contributed by atoms with E-state index in [0.717, 1.165) is 9.40 Å². The fourth-order valence-corrected chi connectivity index (χ4v) is 3.96. The summed E-state index contributed by atoms with van der Waals surface area (Å²) >= 11 is 8.92. The van der Waals surface area contributed by atoms with E-state index >= 15 is 0 Å². The van der Waals surface area contributed by atoms with Crippen LogP contribution < -0.4 is 5.32 Å². The third-order valence-corrected chi connectivity index (χ3v) is 5.04. The molecule has 1 amide bonds. The maximum Gasteiger partial charge on any atom is 0.265 e. The van der Waals surface area contributed by atoms with E-state index in [1.165, 1.54) is 11.3 Å². The van der Waals surface area contributed by atoms with Gasteiger partial charge < -0.3 is 5.32 Å². The lowest BCUT2D eigenvalue weighted by Gasteiger charge is -2.06. The third kappa shape index (κ3) is 2.41. The molecule has 0 saturated heterocycles. The zero-order valence-corrected chi connectivity index (χ0v) is 12.4. The normalized spacial score (nSPS) is 10.4. The lowest BCUT2D eigenvalue weighted by Crippen LogP contribution is -2.11. The lowest BCUT2D eigenvalue weighted by molar-refractivity contribution is 0.103. The Morgan fingerprint density at radius 3 is 2.85 bits per heavy atom. The van der Waals surface area contributed by atoms with Crippen molar-refractivity contribution in [2.45, 2.75) is 0 Å². The molecule has 2 heterocycles. The molecule has 1 aromatic carbocycles. The van der Waals surface area contributed by atoms with Gasteiger partial charge in [0.25, 0.3) is 5.91 Å². The number of carbonyl (C=O) groups is 1. The Balaban J connectivity index is 1.91. The molecule has 0 fully saturated rings. The SMILES string of the molecule is N#Cc1ccc(Cl)cc1NC(=O)c1cc2sccc2s1. The van der Waals surface area contributed by atoms with Crippen LogP contribution in [-0.2, 0) is 0 Å². The van der Waals surface area contributed by atoms with E-state index in [9.17, 15) is 4.79 Å². The van der Waals surface area contributed by atoms with Gasteiger partial charge in [0.1, 0.15) is 6.07 Å². The summed E-state index contributed by atoms with van der Waals surface area (Å²) in [7, 11) is 0. The second-order valence-corrected chi connectivity index (χ2v) is 6.48. The molecule has 0 aliphatic heterocycles. The second-order valence-electron chi connectivity index (χ2n) is 4.02. The maximum absolute atomic E-state index is 12.2. The fourth-order valence-electron chi connectivity index (χ4n) is 1.78. The minimum Gasteiger partial charge on any atom is -0.320 e. The molecule has 3 aromatic rings. The van der Waals surface area contributed by atoms with Crippen LogP contribution >= 0.6 is 34.3 Å². The zero-order chi connectivity index (χ0) is 14.1. The van der Waals surface area contributed by atoms with Gasteiger partial charge in [0.05, 0.1) is 16.1 Å². The van der Waals surface area contributed by atoms with E-state index < -0.39 is 0 Å². The first kappa shape index (κ1) is 13.1. The molecule has 0 atom stereocenters. The third-order valence-electron chi connectivity index (χ3n) is 2.71. The molecule has 3 nitrogen and oxygen atoms in total. The van der Waals surface area contributed by atoms with Crippen LogP contribution in [-0.4, -0.2) is 5.91 Å². The Kier molecular flexibility index (Phi) is 3.45. The summed E-state index contributed by atoms with van der Waals surface area (Å²) in [4.78, 5) is 12.8. The molecule has 0 aliphatic carbocycles. The van der Waals surface area contributed by atoms with E-state index in [2.05, 4.69) is 5.32 Å². The first-order valence-electron chi connectivity index (χ1n) is 5.65. The number of nitrogens with one attached hydrogen (secondary N) is 1. The molecule has 6 heteroatoms. The van der Waals surface area contributed by atoms with Gasteiger partial charge in [-0.05, 0) is 35.7 Å². The average molecular weight is 319 g/mol. The van der Waals surface area contributed by atoms with Gasteiger partial charge in [-0.1, -0.05) is 11.6 Å². The highest BCUT2D eigenvalue weighted by Gasteiger charge is 2.13. The van der Waals surface area contributed by atoms with Gasteiger partial charge in [-0.2, -0.15) is 5.26 Å². The molecular formula is C14H7ClN2OS2. The van der Waals surface area contributed by atoms with Crippen LogP contribution in [0.15, 0.2) is 35.7 Å². The first-order chi connectivity index (χ1) is 9.67. The summed E-state index contributed by atoms with van der Waals surface area (Å²) in [5.41, 5.74) is 0.822. The van der Waals surface area contributed by atoms with E-state index in [0.29, 0.717) is 21.2 Å². The molecule has 2 aromatic heterocycles. The van der Waals surface area contributed by atoms with E-state index in [4.69, 9.17) is 16.9 Å². The Labute approximate surface area is 128 Å². The Morgan fingerprint density at radius 1 is 1.25 bits per heavy atom. The molecule has 0 saturated carbocycles. The number of rotatable bonds is 2. The summed E-state index contributed by atoms with van der Waals surface area (Å²) in [6, 6.07) is 10.7. The number of anilines is 1. The summed E-state index contributed by atoms with van der Waals surface area (Å²) in [6.07, 6.45) is 0. The Hall–Kier alpha value is -1.87. The number of fused-ring (bicyclic) bond motifs is 1. The lowest BCUT2D eigenvalue weighted by atomic mass is 10.2. The van der Waals surface area contributed by atoms with Crippen LogP contribution in [0.5, 0.6) is 0 Å². The molecular weight excluding hydrogens is 312 g/mol. The number of hydrogen-bond acceptors (Lipinski definition) is 4. The van der Waals surface area contributed by atoms with E-state index in [1.54, 1.807) is 29.5 Å². The summed E-state index contributed by atoms with van der Waals surface area (Å²) in [6.45, 7) is 0. The molecule has 98 valence electrons. The van der Waals surface area contributed by atoms with Crippen molar-refractivity contribution >= 4 is 55.3 Å². The predicted molar refractivity (Wildman–Crippen MR) is 83.8 cm³/mol. The smallest absolute Gasteiger partial charge is 0.265 e. The number of amides is 1. The van der Waals surface area contributed by atoms with Crippen LogP contribution in [0.4, 0.5) is 5.69 Å². The highest BCUT2D eigenvalue weighted by atomic mass is 35.5. The highest BCUT2D eigenvalue weighted by molar-refractivity contribution is 7.27. The van der Waals surface area contributed by atoms with Crippen LogP contribution in [0.2, 0.25) is 5.02 Å². The largest absolute Gasteiger partial charge is 0.320 e. The van der Waals surface area contributed by atoms with Crippen molar-refractivity contribution in [2.75, 3.05) is 5.32 Å². The maximum atomic E-state index is 12.2. The summed E-state index contributed by atoms with van der Waals surface area (Å²) in [5, 5.41) is 14.2. The summed E-state index contributed by atoms with van der Waals surface area (Å²) < 4.78 is 2.18. The van der Waals surface area contributed by atoms with Crippen molar-refractivity contribution < 1.29 is 4.79 Å². The number of hydrogen-bond donors (Lipinski definition) is 1. The topological polar surface area (TPSA) is 52.9 Å². The number of carbonyl (C=O) groups excluding carboxylic acids is 1. The van der Waals surface area contributed by atoms with E-state index in [-0.39, 0.29) is 5.91 Å². The minimum absolute atomic E-state index is 0.225. The van der Waals surface area contributed by atoms with Gasteiger partial charge in [-0.25, -0.2) is 0 Å². The van der Waals surface area contributed by atoms with Gasteiger partial charge in [-0.3, -0.25) is 4.79 Å². The van der Waals surface area contributed by atoms with Crippen molar-refractivity contribution in [3.05, 3.63) is 51.2 Å². The van der Waals surface area contributed by atoms with Gasteiger partial charge in [0.15, 0.2) is 0 Å². The minimum atomic E-state index is -0.225. The number of halogens is 1. The van der Waals surface area contributed by atoms with Crippen LogP contribution in [0, 0.1) is 11.3 Å². The molecule has 0 radical (unpaired) electrons. The highest BCUT2D eigenvalue weighted by Crippen LogP contribution is 2.30.